The number of aryl methyl sites for hydroxylation is 1. The number of carbonyl (C=O) groups is 2. The van der Waals surface area contributed by atoms with Gasteiger partial charge in [-0.15, -0.1) is 0 Å². The van der Waals surface area contributed by atoms with Crippen molar-refractivity contribution in [2.24, 2.45) is 0 Å². The number of nitrogens with zero attached hydrogens (tertiary/aromatic N) is 3. The van der Waals surface area contributed by atoms with Gasteiger partial charge in [-0.1, -0.05) is 6.07 Å². The van der Waals surface area contributed by atoms with Gasteiger partial charge in [0.15, 0.2) is 11.6 Å². The van der Waals surface area contributed by atoms with E-state index >= 15 is 0 Å². The second-order valence-electron chi connectivity index (χ2n) is 8.45. The largest absolute Gasteiger partial charge is 0.474 e. The predicted octanol–water partition coefficient (Wildman–Crippen LogP) is 2.76. The molecule has 35 heavy (non-hydrogen) atoms. The summed E-state index contributed by atoms with van der Waals surface area (Å²) >= 11 is 0. The third kappa shape index (κ3) is 8.06. The number of ether oxygens (including phenoxy) is 3. The molecule has 1 saturated heterocycles. The fraction of sp³-hybridized carbons (Fsp3) is 0.500. The number of halogens is 1. The van der Waals surface area contributed by atoms with E-state index in [-0.39, 0.29) is 55.4 Å². The van der Waals surface area contributed by atoms with E-state index in [1.807, 2.05) is 13.8 Å². The van der Waals surface area contributed by atoms with Crippen LogP contribution < -0.4 is 14.8 Å². The van der Waals surface area contributed by atoms with Crippen molar-refractivity contribution in [3.63, 3.8) is 0 Å². The van der Waals surface area contributed by atoms with Crippen LogP contribution in [0.25, 0.3) is 0 Å². The smallest absolute Gasteiger partial charge is 0.410 e. The quantitative estimate of drug-likeness (QED) is 0.550. The molecule has 0 aliphatic carbocycles. The maximum Gasteiger partial charge on any atom is 0.410 e. The highest BCUT2D eigenvalue weighted by Crippen LogP contribution is 2.27. The van der Waals surface area contributed by atoms with Gasteiger partial charge in [-0.2, -0.15) is 9.97 Å². The van der Waals surface area contributed by atoms with Gasteiger partial charge in [0.05, 0.1) is 25.2 Å². The summed E-state index contributed by atoms with van der Waals surface area (Å²) in [7, 11) is 0. The monoisotopic (exact) mass is 490 g/mol. The Bertz CT molecular complexity index is 1030. The Morgan fingerprint density at radius 3 is 2.57 bits per heavy atom. The van der Waals surface area contributed by atoms with Crippen LogP contribution in [0, 0.1) is 12.7 Å². The van der Waals surface area contributed by atoms with Crippen molar-refractivity contribution < 1.29 is 33.3 Å². The van der Waals surface area contributed by atoms with E-state index in [0.29, 0.717) is 43.2 Å². The Morgan fingerprint density at radius 2 is 1.91 bits per heavy atom. The van der Waals surface area contributed by atoms with Crippen LogP contribution in [0.5, 0.6) is 17.5 Å². The Kier molecular flexibility index (Phi) is 9.18. The van der Waals surface area contributed by atoms with Crippen LogP contribution in [0.3, 0.4) is 0 Å². The number of nitrogens with one attached hydrogen (secondary N) is 1. The van der Waals surface area contributed by atoms with Crippen molar-refractivity contribution in [3.05, 3.63) is 41.5 Å². The number of likely N-dealkylation sites (tertiary alicyclic amines) is 1. The molecule has 1 aliphatic heterocycles. The van der Waals surface area contributed by atoms with Crippen LogP contribution in [0.1, 0.15) is 38.1 Å². The summed E-state index contributed by atoms with van der Waals surface area (Å²) in [6, 6.07) is 5.72. The number of aliphatic hydroxyl groups excluding tert-OH is 1. The van der Waals surface area contributed by atoms with Gasteiger partial charge in [0.25, 0.3) is 0 Å². The number of rotatable bonds is 9. The normalized spacial score (nSPS) is 14.1. The van der Waals surface area contributed by atoms with Gasteiger partial charge in [0, 0.05) is 32.5 Å². The van der Waals surface area contributed by atoms with Crippen LogP contribution in [0.2, 0.25) is 0 Å². The first-order valence-electron chi connectivity index (χ1n) is 11.5. The minimum absolute atomic E-state index is 0.0180. The number of benzene rings is 1. The van der Waals surface area contributed by atoms with Gasteiger partial charge >= 0.3 is 6.09 Å². The molecule has 1 aromatic heterocycles. The second-order valence-corrected chi connectivity index (χ2v) is 8.45. The second kappa shape index (κ2) is 12.3. The van der Waals surface area contributed by atoms with E-state index in [1.165, 1.54) is 18.2 Å². The van der Waals surface area contributed by atoms with Gasteiger partial charge in [-0.25, -0.2) is 9.18 Å². The molecule has 1 aromatic carbocycles. The minimum Gasteiger partial charge on any atom is -0.474 e. The zero-order chi connectivity index (χ0) is 25.4. The molecule has 2 heterocycles. The van der Waals surface area contributed by atoms with E-state index in [9.17, 15) is 14.0 Å². The molecule has 0 saturated carbocycles. The molecule has 2 amide bonds. The Balaban J connectivity index is 1.59. The van der Waals surface area contributed by atoms with Crippen LogP contribution in [0.4, 0.5) is 9.18 Å². The third-order valence-electron chi connectivity index (χ3n) is 5.12. The number of carbonyl (C=O) groups excluding carboxylic acids is 2. The first kappa shape index (κ1) is 26.1. The number of aliphatic hydroxyl groups is 1. The minimum atomic E-state index is -0.642. The number of hydrogen-bond donors (Lipinski definition) is 2. The third-order valence-corrected chi connectivity index (χ3v) is 5.12. The molecule has 0 atom stereocenters. The Hall–Kier alpha value is -3.47. The van der Waals surface area contributed by atoms with Crippen LogP contribution in [0.15, 0.2) is 24.3 Å². The molecule has 190 valence electrons. The number of piperidine rings is 1. The molecule has 0 unspecified atom stereocenters. The summed E-state index contributed by atoms with van der Waals surface area (Å²) in [5.41, 5.74) is 0.469. The molecular weight excluding hydrogens is 459 g/mol. The topological polar surface area (TPSA) is 123 Å². The summed E-state index contributed by atoms with van der Waals surface area (Å²) in [5.74, 6) is -0.190. The van der Waals surface area contributed by atoms with Gasteiger partial charge in [-0.05, 0) is 38.5 Å². The van der Waals surface area contributed by atoms with Gasteiger partial charge in [-0.3, -0.25) is 4.79 Å². The average Bonchev–Trinajstić information content (AvgIpc) is 2.79. The van der Waals surface area contributed by atoms with Crippen molar-refractivity contribution in [2.45, 2.75) is 52.2 Å². The Labute approximate surface area is 203 Å². The molecule has 1 fully saturated rings. The maximum atomic E-state index is 14.6. The number of amides is 2. The highest BCUT2D eigenvalue weighted by molar-refractivity contribution is 5.78. The standard InChI is InChI=1S/C24H31FN4O6/c1-15(2)33-24(32)29-9-6-18(7-10-29)34-22-14-23(28-16(3)27-22)35-20-5-4-17(12-19(20)25)13-21(31)26-8-11-30/h4-5,12,14-15,18,30H,6-11,13H2,1-3H3,(H,26,31). The molecule has 0 bridgehead atoms. The molecule has 10 nitrogen and oxygen atoms in total. The SMILES string of the molecule is Cc1nc(Oc2ccc(CC(=O)NCCO)cc2F)cc(OC2CCN(C(=O)OC(C)C)CC2)n1. The lowest BCUT2D eigenvalue weighted by atomic mass is 10.1. The lowest BCUT2D eigenvalue weighted by Crippen LogP contribution is -2.42. The van der Waals surface area contributed by atoms with Crippen molar-refractivity contribution in [1.29, 1.82) is 0 Å². The molecule has 2 N–H and O–H groups in total. The average molecular weight is 491 g/mol. The van der Waals surface area contributed by atoms with Crippen molar-refractivity contribution >= 4 is 12.0 Å². The van der Waals surface area contributed by atoms with Crippen LogP contribution >= 0.6 is 0 Å². The zero-order valence-electron chi connectivity index (χ0n) is 20.1. The number of aromatic nitrogens is 2. The van der Waals surface area contributed by atoms with Crippen LogP contribution in [-0.2, 0) is 16.0 Å². The molecule has 0 radical (unpaired) electrons. The maximum absolute atomic E-state index is 14.6. The lowest BCUT2D eigenvalue weighted by molar-refractivity contribution is -0.120. The van der Waals surface area contributed by atoms with E-state index < -0.39 is 5.82 Å². The van der Waals surface area contributed by atoms with E-state index in [4.69, 9.17) is 19.3 Å². The first-order valence-corrected chi connectivity index (χ1v) is 11.5. The summed E-state index contributed by atoms with van der Waals surface area (Å²) in [4.78, 5) is 33.9. The fourth-order valence-corrected chi connectivity index (χ4v) is 3.52. The fourth-order valence-electron chi connectivity index (χ4n) is 3.52. The predicted molar refractivity (Wildman–Crippen MR) is 124 cm³/mol. The van der Waals surface area contributed by atoms with Gasteiger partial charge < -0.3 is 29.5 Å². The molecule has 2 aromatic rings. The van der Waals surface area contributed by atoms with Crippen molar-refractivity contribution in [3.8, 4) is 17.5 Å². The highest BCUT2D eigenvalue weighted by Gasteiger charge is 2.26. The lowest BCUT2D eigenvalue weighted by Gasteiger charge is -2.31. The summed E-state index contributed by atoms with van der Waals surface area (Å²) in [6.07, 6.45) is 0.578. The van der Waals surface area contributed by atoms with Gasteiger partial charge in [0.2, 0.25) is 17.7 Å². The summed E-state index contributed by atoms with van der Waals surface area (Å²) < 4.78 is 31.4. The van der Waals surface area contributed by atoms with Gasteiger partial charge in [0.1, 0.15) is 11.9 Å². The Morgan fingerprint density at radius 1 is 1.20 bits per heavy atom. The molecular formula is C24H31FN4O6. The molecule has 0 spiro atoms. The van der Waals surface area contributed by atoms with E-state index in [2.05, 4.69) is 15.3 Å². The molecule has 3 rings (SSSR count). The number of hydrogen-bond acceptors (Lipinski definition) is 8. The summed E-state index contributed by atoms with van der Waals surface area (Å²) in [5, 5.41) is 11.3. The molecule has 1 aliphatic rings. The van der Waals surface area contributed by atoms with E-state index in [1.54, 1.807) is 17.9 Å². The zero-order valence-corrected chi connectivity index (χ0v) is 20.1. The van der Waals surface area contributed by atoms with E-state index in [0.717, 1.165) is 0 Å². The van der Waals surface area contributed by atoms with Crippen molar-refractivity contribution in [1.82, 2.24) is 20.2 Å². The first-order chi connectivity index (χ1) is 16.7. The van der Waals surface area contributed by atoms with Crippen LogP contribution in [-0.4, -0.2) is 70.4 Å². The highest BCUT2D eigenvalue weighted by atomic mass is 19.1. The molecule has 11 heteroatoms. The summed E-state index contributed by atoms with van der Waals surface area (Å²) in [6.45, 7) is 6.30. The van der Waals surface area contributed by atoms with Crippen molar-refractivity contribution in [2.75, 3.05) is 26.2 Å².